The molecule has 0 bridgehead atoms. The van der Waals surface area contributed by atoms with E-state index in [4.69, 9.17) is 9.47 Å². The zero-order chi connectivity index (χ0) is 15.9. The van der Waals surface area contributed by atoms with Crippen molar-refractivity contribution in [1.29, 1.82) is 0 Å². The van der Waals surface area contributed by atoms with Gasteiger partial charge in [0.15, 0.2) is 0 Å². The molecule has 2 rings (SSSR count). The van der Waals surface area contributed by atoms with Gasteiger partial charge >= 0.3 is 12.2 Å². The first kappa shape index (κ1) is 15.5. The molecule has 0 unspecified atom stereocenters. The first-order valence-corrected chi connectivity index (χ1v) is 6.57. The van der Waals surface area contributed by atoms with Crippen molar-refractivity contribution in [3.63, 3.8) is 0 Å². The summed E-state index contributed by atoms with van der Waals surface area (Å²) in [5.74, 6) is 0. The Bertz CT molecular complexity index is 631. The van der Waals surface area contributed by atoms with Crippen molar-refractivity contribution in [3.8, 4) is 0 Å². The Kier molecular flexibility index (Phi) is 5.07. The van der Waals surface area contributed by atoms with Gasteiger partial charge in [0.2, 0.25) is 0 Å². The third-order valence-electron chi connectivity index (χ3n) is 2.81. The van der Waals surface area contributed by atoms with Gasteiger partial charge in [-0.05, 0) is 12.1 Å². The quantitative estimate of drug-likeness (QED) is 0.883. The standard InChI is InChI=1S/C14H16N4O4/c1-15-13(19)21-7-11-12(8-22-14(20)16-2)18-10-6-4-3-5-9(10)17-11/h3-6H,7-8H2,1-2H3,(H,15,19)(H,16,20). The number of ether oxygens (including phenoxy) is 2. The highest BCUT2D eigenvalue weighted by atomic mass is 16.6. The van der Waals surface area contributed by atoms with Crippen LogP contribution in [0.5, 0.6) is 0 Å². The summed E-state index contributed by atoms with van der Waals surface area (Å²) in [6.07, 6.45) is -1.15. The Labute approximate surface area is 126 Å². The van der Waals surface area contributed by atoms with Gasteiger partial charge in [-0.15, -0.1) is 0 Å². The number of aromatic nitrogens is 2. The summed E-state index contributed by atoms with van der Waals surface area (Å²) < 4.78 is 9.98. The molecule has 0 aliphatic rings. The fourth-order valence-corrected chi connectivity index (χ4v) is 1.72. The van der Waals surface area contributed by atoms with E-state index in [0.717, 1.165) is 0 Å². The Morgan fingerprint density at radius 1 is 0.909 bits per heavy atom. The van der Waals surface area contributed by atoms with E-state index in [2.05, 4.69) is 20.6 Å². The normalized spacial score (nSPS) is 10.1. The summed E-state index contributed by atoms with van der Waals surface area (Å²) in [4.78, 5) is 31.2. The molecule has 2 N–H and O–H groups in total. The molecule has 0 saturated carbocycles. The molecule has 116 valence electrons. The molecule has 0 spiro atoms. The first-order chi connectivity index (χ1) is 10.6. The second-order valence-electron chi connectivity index (χ2n) is 4.26. The SMILES string of the molecule is CNC(=O)OCc1nc2ccccc2nc1COC(=O)NC. The molecule has 1 aromatic carbocycles. The summed E-state index contributed by atoms with van der Waals surface area (Å²) in [6.45, 7) is -0.131. The molecule has 0 fully saturated rings. The average Bonchev–Trinajstić information content (AvgIpc) is 2.56. The maximum Gasteiger partial charge on any atom is 0.407 e. The molecule has 0 aliphatic carbocycles. The van der Waals surface area contributed by atoms with Crippen LogP contribution in [0.4, 0.5) is 9.59 Å². The molecule has 0 radical (unpaired) electrons. The fraction of sp³-hybridized carbons (Fsp3) is 0.286. The van der Waals surface area contributed by atoms with Gasteiger partial charge in [-0.3, -0.25) is 0 Å². The fourth-order valence-electron chi connectivity index (χ4n) is 1.72. The summed E-state index contributed by atoms with van der Waals surface area (Å²) >= 11 is 0. The summed E-state index contributed by atoms with van der Waals surface area (Å²) in [5.41, 5.74) is 2.21. The molecular weight excluding hydrogens is 288 g/mol. The zero-order valence-corrected chi connectivity index (χ0v) is 12.3. The molecule has 1 aromatic heterocycles. The van der Waals surface area contributed by atoms with Crippen molar-refractivity contribution >= 4 is 23.2 Å². The molecule has 0 saturated heterocycles. The molecule has 1 heterocycles. The lowest BCUT2D eigenvalue weighted by Gasteiger charge is -2.10. The first-order valence-electron chi connectivity index (χ1n) is 6.57. The number of para-hydroxylation sites is 2. The highest BCUT2D eigenvalue weighted by Crippen LogP contribution is 2.14. The second-order valence-corrected chi connectivity index (χ2v) is 4.26. The van der Waals surface area contributed by atoms with E-state index < -0.39 is 12.2 Å². The predicted molar refractivity (Wildman–Crippen MR) is 78.0 cm³/mol. The largest absolute Gasteiger partial charge is 0.443 e. The van der Waals surface area contributed by atoms with Gasteiger partial charge in [0.05, 0.1) is 11.0 Å². The number of nitrogens with zero attached hydrogens (tertiary/aromatic N) is 2. The van der Waals surface area contributed by atoms with Gasteiger partial charge in [0.1, 0.15) is 24.6 Å². The summed E-state index contributed by atoms with van der Waals surface area (Å²) in [5, 5.41) is 4.69. The van der Waals surface area contributed by atoms with E-state index in [-0.39, 0.29) is 13.2 Å². The molecule has 8 nitrogen and oxygen atoms in total. The lowest BCUT2D eigenvalue weighted by Crippen LogP contribution is -2.21. The van der Waals surface area contributed by atoms with Crippen LogP contribution in [0.25, 0.3) is 11.0 Å². The topological polar surface area (TPSA) is 102 Å². The van der Waals surface area contributed by atoms with Crippen LogP contribution in [0.15, 0.2) is 24.3 Å². The van der Waals surface area contributed by atoms with Crippen LogP contribution in [0, 0.1) is 0 Å². The smallest absolute Gasteiger partial charge is 0.407 e. The molecule has 8 heteroatoms. The number of hydrogen-bond donors (Lipinski definition) is 2. The number of carbonyl (C=O) groups is 2. The van der Waals surface area contributed by atoms with Crippen molar-refractivity contribution in [1.82, 2.24) is 20.6 Å². The number of benzene rings is 1. The molecular formula is C14H16N4O4. The number of amides is 2. The van der Waals surface area contributed by atoms with Crippen molar-refractivity contribution in [2.75, 3.05) is 14.1 Å². The van der Waals surface area contributed by atoms with E-state index >= 15 is 0 Å². The Morgan fingerprint density at radius 2 is 1.32 bits per heavy atom. The monoisotopic (exact) mass is 304 g/mol. The van der Waals surface area contributed by atoms with E-state index in [9.17, 15) is 9.59 Å². The Balaban J connectivity index is 2.27. The summed E-state index contributed by atoms with van der Waals surface area (Å²) in [6, 6.07) is 7.27. The van der Waals surface area contributed by atoms with Gasteiger partial charge in [-0.1, -0.05) is 12.1 Å². The molecule has 0 atom stereocenters. The number of rotatable bonds is 4. The van der Waals surface area contributed by atoms with Crippen molar-refractivity contribution < 1.29 is 19.1 Å². The van der Waals surface area contributed by atoms with Crippen molar-refractivity contribution in [2.45, 2.75) is 13.2 Å². The number of carbonyl (C=O) groups excluding carboxylic acids is 2. The van der Waals surface area contributed by atoms with Crippen LogP contribution >= 0.6 is 0 Å². The molecule has 2 amide bonds. The third-order valence-corrected chi connectivity index (χ3v) is 2.81. The summed E-state index contributed by atoms with van der Waals surface area (Å²) in [7, 11) is 2.92. The molecule has 2 aromatic rings. The van der Waals surface area contributed by atoms with E-state index in [0.29, 0.717) is 22.4 Å². The predicted octanol–water partition coefficient (Wildman–Crippen LogP) is 1.34. The minimum atomic E-state index is -0.576. The minimum absolute atomic E-state index is 0.0655. The van der Waals surface area contributed by atoms with Crippen molar-refractivity contribution in [2.24, 2.45) is 0 Å². The minimum Gasteiger partial charge on any atom is -0.443 e. The highest BCUT2D eigenvalue weighted by molar-refractivity contribution is 5.74. The molecule has 0 aliphatic heterocycles. The number of alkyl carbamates (subject to hydrolysis) is 2. The lowest BCUT2D eigenvalue weighted by atomic mass is 10.2. The van der Waals surface area contributed by atoms with Crippen LogP contribution in [0.3, 0.4) is 0 Å². The molecule has 22 heavy (non-hydrogen) atoms. The van der Waals surface area contributed by atoms with Gasteiger partial charge < -0.3 is 20.1 Å². The van der Waals surface area contributed by atoms with Gasteiger partial charge in [0, 0.05) is 14.1 Å². The second kappa shape index (κ2) is 7.21. The van der Waals surface area contributed by atoms with E-state index in [1.54, 1.807) is 12.1 Å². The highest BCUT2D eigenvalue weighted by Gasteiger charge is 2.12. The van der Waals surface area contributed by atoms with E-state index in [1.165, 1.54) is 14.1 Å². The maximum atomic E-state index is 11.2. The van der Waals surface area contributed by atoms with Crippen LogP contribution in [0.1, 0.15) is 11.4 Å². The van der Waals surface area contributed by atoms with E-state index in [1.807, 2.05) is 12.1 Å². The Morgan fingerprint density at radius 3 is 1.68 bits per heavy atom. The van der Waals surface area contributed by atoms with Crippen LogP contribution < -0.4 is 10.6 Å². The zero-order valence-electron chi connectivity index (χ0n) is 12.3. The number of nitrogens with one attached hydrogen (secondary N) is 2. The van der Waals surface area contributed by atoms with Crippen LogP contribution in [-0.2, 0) is 22.7 Å². The number of fused-ring (bicyclic) bond motifs is 1. The van der Waals surface area contributed by atoms with Crippen LogP contribution in [0.2, 0.25) is 0 Å². The van der Waals surface area contributed by atoms with Gasteiger partial charge in [-0.2, -0.15) is 0 Å². The average molecular weight is 304 g/mol. The van der Waals surface area contributed by atoms with Gasteiger partial charge in [0.25, 0.3) is 0 Å². The maximum absolute atomic E-state index is 11.2. The Hall–Kier alpha value is -2.90. The lowest BCUT2D eigenvalue weighted by molar-refractivity contribution is 0.131. The third kappa shape index (κ3) is 3.81. The van der Waals surface area contributed by atoms with Crippen LogP contribution in [-0.4, -0.2) is 36.2 Å². The number of hydrogen-bond acceptors (Lipinski definition) is 6. The van der Waals surface area contributed by atoms with Crippen molar-refractivity contribution in [3.05, 3.63) is 35.7 Å². The van der Waals surface area contributed by atoms with Gasteiger partial charge in [-0.25, -0.2) is 19.6 Å².